The minimum absolute atomic E-state index is 0.0492. The van der Waals surface area contributed by atoms with E-state index in [2.05, 4.69) is 0 Å². The Morgan fingerprint density at radius 2 is 1.81 bits per heavy atom. The Kier molecular flexibility index (Phi) is 9.35. The van der Waals surface area contributed by atoms with Crippen molar-refractivity contribution in [2.45, 2.75) is 69.2 Å². The largest absolute Gasteiger partial charge is 0.491 e. The van der Waals surface area contributed by atoms with E-state index in [4.69, 9.17) is 9.47 Å². The molecule has 0 unspecified atom stereocenters. The lowest BCUT2D eigenvalue weighted by atomic mass is 9.82. The third-order valence-electron chi connectivity index (χ3n) is 11.1. The number of nitro benzene ring substituents is 1. The summed E-state index contributed by atoms with van der Waals surface area (Å²) in [6, 6.07) is 22.0. The van der Waals surface area contributed by atoms with E-state index in [1.165, 1.54) is 28.7 Å². The average molecular weight is 739 g/mol. The summed E-state index contributed by atoms with van der Waals surface area (Å²) in [5, 5.41) is 22.4. The van der Waals surface area contributed by atoms with Gasteiger partial charge in [-0.15, -0.1) is 0 Å². The molecule has 14 heteroatoms. The van der Waals surface area contributed by atoms with Crippen LogP contribution in [0.15, 0.2) is 89.9 Å². The van der Waals surface area contributed by atoms with Crippen molar-refractivity contribution in [2.75, 3.05) is 18.6 Å². The Hall–Kier alpha value is -5.15. The van der Waals surface area contributed by atoms with Crippen molar-refractivity contribution in [3.8, 4) is 11.4 Å². The maximum absolute atomic E-state index is 15.0. The maximum Gasteiger partial charge on any atom is 0.297 e. The average Bonchev–Trinajstić information content (AvgIpc) is 3.56. The summed E-state index contributed by atoms with van der Waals surface area (Å²) in [4.78, 5) is 68.6. The van der Waals surface area contributed by atoms with Gasteiger partial charge in [-0.25, -0.2) is 0 Å². The summed E-state index contributed by atoms with van der Waals surface area (Å²) < 4.78 is 13.5. The van der Waals surface area contributed by atoms with Crippen LogP contribution in [0.2, 0.25) is 18.6 Å². The number of rotatable bonds is 9. The number of amides is 2. The third-order valence-corrected chi connectivity index (χ3v) is 13.6. The number of ether oxygens (including phenoxy) is 2. The number of aliphatic hydroxyl groups excluding tert-OH is 1. The first kappa shape index (κ1) is 36.2. The summed E-state index contributed by atoms with van der Waals surface area (Å²) in [6.07, 6.45) is 1.07. The van der Waals surface area contributed by atoms with Gasteiger partial charge in [0.05, 0.1) is 49.4 Å². The molecule has 0 saturated carbocycles. The standard InChI is InChI=1S/C39H42N4O9Si/c1-24-36(53(3,4)50)34(20-35(45)41-22-27-11-6-5-10-26(27)18-30(41)23-44)52-39(24)31-19-29(43(48)49)14-15-32(31)42(38(39)47)21-25-9-7-12-28(17-25)40-16-8-13-33(51-2)37(40)46/h5-17,19,24,30,34,36,44,50H,18,20-23H2,1-4H3/t24-,30+,34+,36-,39+/m1/s1. The number of nitrogens with zero attached hydrogens (tertiary/aromatic N) is 4. The topological polar surface area (TPSA) is 165 Å². The highest BCUT2D eigenvalue weighted by Gasteiger charge is 2.66. The summed E-state index contributed by atoms with van der Waals surface area (Å²) in [6.45, 7) is 5.44. The fourth-order valence-corrected chi connectivity index (χ4v) is 11.2. The minimum Gasteiger partial charge on any atom is -0.491 e. The number of hydrogen-bond acceptors (Lipinski definition) is 9. The Labute approximate surface area is 307 Å². The van der Waals surface area contributed by atoms with E-state index in [9.17, 15) is 34.4 Å². The van der Waals surface area contributed by atoms with Gasteiger partial charge < -0.3 is 29.2 Å². The minimum atomic E-state index is -3.18. The van der Waals surface area contributed by atoms with Gasteiger partial charge in [-0.2, -0.15) is 0 Å². The van der Waals surface area contributed by atoms with Crippen molar-refractivity contribution in [1.82, 2.24) is 9.47 Å². The van der Waals surface area contributed by atoms with E-state index in [0.29, 0.717) is 35.5 Å². The Morgan fingerprint density at radius 1 is 1.06 bits per heavy atom. The molecule has 4 heterocycles. The van der Waals surface area contributed by atoms with Gasteiger partial charge in [0.25, 0.3) is 17.2 Å². The lowest BCUT2D eigenvalue weighted by Crippen LogP contribution is -2.48. The van der Waals surface area contributed by atoms with Crippen molar-refractivity contribution in [3.05, 3.63) is 128 Å². The van der Waals surface area contributed by atoms with Gasteiger partial charge in [-0.3, -0.25) is 29.1 Å². The molecule has 5 atom stereocenters. The Bertz CT molecular complexity index is 2170. The SMILES string of the molecule is COc1cccn(-c2cccc(CN3C(=O)[C@@]4(O[C@@H](CC(=O)N5Cc6ccccc6C[C@H]5CO)[C@H]([Si](C)(C)O)[C@H]4C)c4cc([N+](=O)[O-])ccc43)c2)c1=O. The van der Waals surface area contributed by atoms with Crippen LogP contribution in [0.25, 0.3) is 5.69 Å². The van der Waals surface area contributed by atoms with E-state index in [0.717, 1.165) is 11.1 Å². The second-order valence-corrected chi connectivity index (χ2v) is 18.6. The molecule has 13 nitrogen and oxygen atoms in total. The van der Waals surface area contributed by atoms with Gasteiger partial charge in [0.2, 0.25) is 5.91 Å². The molecule has 0 radical (unpaired) electrons. The van der Waals surface area contributed by atoms with Gasteiger partial charge >= 0.3 is 0 Å². The Morgan fingerprint density at radius 3 is 2.51 bits per heavy atom. The number of hydrogen-bond donors (Lipinski definition) is 2. The van der Waals surface area contributed by atoms with Crippen LogP contribution in [0.3, 0.4) is 0 Å². The van der Waals surface area contributed by atoms with Crippen molar-refractivity contribution in [2.24, 2.45) is 5.92 Å². The van der Waals surface area contributed by atoms with Gasteiger partial charge in [-0.1, -0.05) is 43.3 Å². The number of nitro groups is 1. The molecule has 53 heavy (non-hydrogen) atoms. The molecule has 3 aliphatic heterocycles. The number of pyridine rings is 1. The molecular formula is C39H42N4O9Si. The zero-order chi connectivity index (χ0) is 37.8. The molecule has 3 aromatic carbocycles. The van der Waals surface area contributed by atoms with Crippen molar-refractivity contribution in [3.63, 3.8) is 0 Å². The van der Waals surface area contributed by atoms with Gasteiger partial charge in [0.15, 0.2) is 19.7 Å². The lowest BCUT2D eigenvalue weighted by molar-refractivity contribution is -0.385. The molecule has 1 aromatic heterocycles. The van der Waals surface area contributed by atoms with Crippen molar-refractivity contribution >= 4 is 31.5 Å². The first-order chi connectivity index (χ1) is 25.3. The molecule has 1 spiro atoms. The molecular weight excluding hydrogens is 697 g/mol. The second kappa shape index (κ2) is 13.7. The molecule has 4 aromatic rings. The van der Waals surface area contributed by atoms with Crippen molar-refractivity contribution < 1.29 is 33.9 Å². The molecule has 1 saturated heterocycles. The van der Waals surface area contributed by atoms with E-state index in [1.54, 1.807) is 60.6 Å². The number of carbonyl (C=O) groups excluding carboxylic acids is 2. The second-order valence-electron chi connectivity index (χ2n) is 14.7. The number of benzene rings is 3. The van der Waals surface area contributed by atoms with Gasteiger partial charge in [0.1, 0.15) is 0 Å². The van der Waals surface area contributed by atoms with Crippen LogP contribution in [0.4, 0.5) is 11.4 Å². The molecule has 3 aliphatic rings. The molecule has 2 amide bonds. The van der Waals surface area contributed by atoms with Crippen LogP contribution in [0.1, 0.15) is 35.6 Å². The third kappa shape index (κ3) is 6.14. The van der Waals surface area contributed by atoms with Crippen LogP contribution >= 0.6 is 0 Å². The molecule has 2 N–H and O–H groups in total. The maximum atomic E-state index is 15.0. The lowest BCUT2D eigenvalue weighted by Gasteiger charge is -2.37. The number of non-ortho nitro benzene ring substituents is 1. The van der Waals surface area contributed by atoms with E-state index in [1.807, 2.05) is 37.3 Å². The zero-order valence-corrected chi connectivity index (χ0v) is 31.0. The first-order valence-corrected chi connectivity index (χ1v) is 20.6. The predicted octanol–water partition coefficient (Wildman–Crippen LogP) is 4.43. The molecule has 7 rings (SSSR count). The monoisotopic (exact) mass is 738 g/mol. The summed E-state index contributed by atoms with van der Waals surface area (Å²) in [7, 11) is -1.76. The number of methoxy groups -OCH3 is 1. The first-order valence-electron chi connectivity index (χ1n) is 17.6. The fraction of sp³-hybridized carbons (Fsp3) is 0.359. The number of aliphatic hydroxyl groups is 1. The van der Waals surface area contributed by atoms with Crippen LogP contribution in [-0.2, 0) is 39.4 Å². The Balaban J connectivity index is 1.26. The summed E-state index contributed by atoms with van der Waals surface area (Å²) in [5.41, 5.74) is 1.12. The highest BCUT2D eigenvalue weighted by atomic mass is 28.4. The molecule has 1 fully saturated rings. The van der Waals surface area contributed by atoms with Crippen LogP contribution < -0.4 is 15.2 Å². The highest BCUT2D eigenvalue weighted by Crippen LogP contribution is 2.60. The molecule has 0 aliphatic carbocycles. The smallest absolute Gasteiger partial charge is 0.297 e. The van der Waals surface area contributed by atoms with Crippen LogP contribution in [0, 0.1) is 16.0 Å². The van der Waals surface area contributed by atoms with Crippen LogP contribution in [0.5, 0.6) is 5.75 Å². The van der Waals surface area contributed by atoms with Crippen LogP contribution in [-0.4, -0.2) is 70.3 Å². The summed E-state index contributed by atoms with van der Waals surface area (Å²) >= 11 is 0. The molecule has 0 bridgehead atoms. The molecule has 276 valence electrons. The van der Waals surface area contributed by atoms with E-state index >= 15 is 0 Å². The quantitative estimate of drug-likeness (QED) is 0.144. The van der Waals surface area contributed by atoms with Gasteiger partial charge in [0, 0.05) is 47.6 Å². The number of aromatic nitrogens is 1. The predicted molar refractivity (Wildman–Crippen MR) is 198 cm³/mol. The summed E-state index contributed by atoms with van der Waals surface area (Å²) in [5.74, 6) is -1.22. The van der Waals surface area contributed by atoms with E-state index in [-0.39, 0.29) is 42.5 Å². The normalized spacial score (nSPS) is 23.6. The zero-order valence-electron chi connectivity index (χ0n) is 30.0. The van der Waals surface area contributed by atoms with Crippen molar-refractivity contribution in [1.29, 1.82) is 0 Å². The number of anilines is 1. The number of carbonyl (C=O) groups is 2. The number of fused-ring (bicyclic) bond motifs is 3. The fourth-order valence-electron chi connectivity index (χ4n) is 8.69. The van der Waals surface area contributed by atoms with Gasteiger partial charge in [-0.05, 0) is 66.5 Å². The van der Waals surface area contributed by atoms with E-state index < -0.39 is 48.4 Å². The highest BCUT2D eigenvalue weighted by molar-refractivity contribution is 6.71.